The minimum atomic E-state index is -0.0414. The summed E-state index contributed by atoms with van der Waals surface area (Å²) >= 11 is 0. The molecule has 0 aliphatic rings. The summed E-state index contributed by atoms with van der Waals surface area (Å²) in [6, 6.07) is 7.76. The second-order valence-electron chi connectivity index (χ2n) is 4.77. The predicted molar refractivity (Wildman–Crippen MR) is 79.9 cm³/mol. The van der Waals surface area contributed by atoms with Crippen LogP contribution in [0.1, 0.15) is 25.0 Å². The van der Waals surface area contributed by atoms with Gasteiger partial charge in [-0.25, -0.2) is 0 Å². The molecule has 0 unspecified atom stereocenters. The highest BCUT2D eigenvalue weighted by molar-refractivity contribution is 5.77. The van der Waals surface area contributed by atoms with Crippen molar-refractivity contribution in [1.82, 2.24) is 4.90 Å². The molecule has 108 valence electrons. The lowest BCUT2D eigenvalue weighted by molar-refractivity contribution is -0.136. The Morgan fingerprint density at radius 2 is 2.10 bits per heavy atom. The van der Waals surface area contributed by atoms with Gasteiger partial charge in [-0.1, -0.05) is 30.0 Å². The standard InChI is InChI=1S/C16H22N2O2/c1-13(2)20-12-16(19)18(3)11-15-8-5-4-7-14(15)9-6-10-17/h4-5,7-8,13H,10-12,17H2,1-3H3. The molecule has 4 nitrogen and oxygen atoms in total. The number of hydrogen-bond donors (Lipinski definition) is 1. The van der Waals surface area contributed by atoms with Crippen LogP contribution in [0, 0.1) is 11.8 Å². The van der Waals surface area contributed by atoms with Gasteiger partial charge in [0, 0.05) is 19.2 Å². The van der Waals surface area contributed by atoms with Gasteiger partial charge in [-0.15, -0.1) is 0 Å². The number of carbonyl (C=O) groups excluding carboxylic acids is 1. The zero-order chi connectivity index (χ0) is 15.0. The fourth-order valence-corrected chi connectivity index (χ4v) is 1.62. The van der Waals surface area contributed by atoms with Crippen LogP contribution in [0.15, 0.2) is 24.3 Å². The number of rotatable bonds is 5. The topological polar surface area (TPSA) is 55.6 Å². The first-order chi connectivity index (χ1) is 9.54. The summed E-state index contributed by atoms with van der Waals surface area (Å²) in [5.41, 5.74) is 7.30. The molecule has 20 heavy (non-hydrogen) atoms. The van der Waals surface area contributed by atoms with Crippen LogP contribution < -0.4 is 5.73 Å². The fraction of sp³-hybridized carbons (Fsp3) is 0.438. The van der Waals surface area contributed by atoms with Crippen LogP contribution in [-0.4, -0.2) is 37.1 Å². The normalized spacial score (nSPS) is 10.1. The van der Waals surface area contributed by atoms with Gasteiger partial charge in [-0.05, 0) is 25.5 Å². The maximum absolute atomic E-state index is 11.9. The maximum Gasteiger partial charge on any atom is 0.248 e. The maximum atomic E-state index is 11.9. The Bertz CT molecular complexity index is 501. The molecule has 0 aliphatic carbocycles. The Morgan fingerprint density at radius 3 is 2.75 bits per heavy atom. The van der Waals surface area contributed by atoms with Crippen molar-refractivity contribution in [3.05, 3.63) is 35.4 Å². The molecule has 1 rings (SSSR count). The Hall–Kier alpha value is -1.83. The van der Waals surface area contributed by atoms with Gasteiger partial charge in [0.25, 0.3) is 0 Å². The molecule has 1 amide bonds. The summed E-state index contributed by atoms with van der Waals surface area (Å²) in [6.45, 7) is 4.75. The molecule has 0 radical (unpaired) electrons. The Balaban J connectivity index is 2.70. The highest BCUT2D eigenvalue weighted by Crippen LogP contribution is 2.10. The number of likely N-dealkylation sites (N-methyl/N-ethyl adjacent to an activating group) is 1. The first-order valence-electron chi connectivity index (χ1n) is 6.67. The molecule has 0 spiro atoms. The van der Waals surface area contributed by atoms with Crippen LogP contribution >= 0.6 is 0 Å². The van der Waals surface area contributed by atoms with Crippen LogP contribution in [0.4, 0.5) is 0 Å². The number of ether oxygens (including phenoxy) is 1. The molecule has 0 aromatic heterocycles. The van der Waals surface area contributed by atoms with E-state index in [0.29, 0.717) is 13.1 Å². The number of nitrogens with zero attached hydrogens (tertiary/aromatic N) is 1. The van der Waals surface area contributed by atoms with Crippen LogP contribution in [0.5, 0.6) is 0 Å². The molecule has 0 aliphatic heterocycles. The zero-order valence-corrected chi connectivity index (χ0v) is 12.3. The number of amides is 1. The van der Waals surface area contributed by atoms with Crippen LogP contribution in [0.2, 0.25) is 0 Å². The monoisotopic (exact) mass is 274 g/mol. The van der Waals surface area contributed by atoms with Crippen molar-refractivity contribution >= 4 is 5.91 Å². The second kappa shape index (κ2) is 8.36. The smallest absolute Gasteiger partial charge is 0.248 e. The summed E-state index contributed by atoms with van der Waals surface area (Å²) in [7, 11) is 1.76. The molecule has 0 saturated carbocycles. The van der Waals surface area contributed by atoms with E-state index >= 15 is 0 Å². The number of carbonyl (C=O) groups is 1. The van der Waals surface area contributed by atoms with Crippen molar-refractivity contribution < 1.29 is 9.53 Å². The quantitative estimate of drug-likeness (QED) is 0.825. The van der Waals surface area contributed by atoms with E-state index in [0.717, 1.165) is 11.1 Å². The fourth-order valence-electron chi connectivity index (χ4n) is 1.62. The first kappa shape index (κ1) is 16.2. The molecule has 2 N–H and O–H groups in total. The Labute approximate surface area is 120 Å². The van der Waals surface area contributed by atoms with Crippen LogP contribution in [0.25, 0.3) is 0 Å². The highest BCUT2D eigenvalue weighted by atomic mass is 16.5. The minimum absolute atomic E-state index is 0.0414. The molecule has 4 heteroatoms. The van der Waals surface area contributed by atoms with Gasteiger partial charge in [0.05, 0.1) is 12.6 Å². The SMILES string of the molecule is CC(C)OCC(=O)N(C)Cc1ccccc1C#CCN. The van der Waals surface area contributed by atoms with Crippen molar-refractivity contribution in [3.63, 3.8) is 0 Å². The van der Waals surface area contributed by atoms with Gasteiger partial charge in [-0.2, -0.15) is 0 Å². The van der Waals surface area contributed by atoms with Gasteiger partial charge in [0.15, 0.2) is 0 Å². The molecule has 0 saturated heterocycles. The lowest BCUT2D eigenvalue weighted by Gasteiger charge is -2.19. The van der Waals surface area contributed by atoms with Gasteiger partial charge < -0.3 is 15.4 Å². The highest BCUT2D eigenvalue weighted by Gasteiger charge is 2.11. The Morgan fingerprint density at radius 1 is 1.40 bits per heavy atom. The van der Waals surface area contributed by atoms with E-state index < -0.39 is 0 Å². The summed E-state index contributed by atoms with van der Waals surface area (Å²) in [4.78, 5) is 13.6. The molecule has 1 aromatic rings. The molecule has 0 bridgehead atoms. The third-order valence-electron chi connectivity index (χ3n) is 2.72. The molecule has 0 heterocycles. The molecule has 0 atom stereocenters. The average molecular weight is 274 g/mol. The summed E-state index contributed by atoms with van der Waals surface area (Å²) < 4.78 is 5.32. The zero-order valence-electron chi connectivity index (χ0n) is 12.3. The summed E-state index contributed by atoms with van der Waals surface area (Å²) in [5, 5.41) is 0. The van der Waals surface area contributed by atoms with E-state index in [-0.39, 0.29) is 18.6 Å². The third-order valence-corrected chi connectivity index (χ3v) is 2.72. The first-order valence-corrected chi connectivity index (χ1v) is 6.67. The van der Waals surface area contributed by atoms with Crippen molar-refractivity contribution in [2.75, 3.05) is 20.2 Å². The average Bonchev–Trinajstić information content (AvgIpc) is 2.43. The largest absolute Gasteiger partial charge is 0.369 e. The number of hydrogen-bond acceptors (Lipinski definition) is 3. The van der Waals surface area contributed by atoms with Crippen molar-refractivity contribution in [3.8, 4) is 11.8 Å². The molecule has 0 fully saturated rings. The van der Waals surface area contributed by atoms with Gasteiger partial charge in [-0.3, -0.25) is 4.79 Å². The minimum Gasteiger partial charge on any atom is -0.369 e. The van der Waals surface area contributed by atoms with Crippen molar-refractivity contribution in [2.24, 2.45) is 5.73 Å². The van der Waals surface area contributed by atoms with E-state index in [9.17, 15) is 4.79 Å². The molecular weight excluding hydrogens is 252 g/mol. The van der Waals surface area contributed by atoms with E-state index in [1.54, 1.807) is 11.9 Å². The number of nitrogens with two attached hydrogens (primary N) is 1. The lowest BCUT2D eigenvalue weighted by atomic mass is 10.1. The van der Waals surface area contributed by atoms with Crippen LogP contribution in [0.3, 0.4) is 0 Å². The van der Waals surface area contributed by atoms with E-state index in [4.69, 9.17) is 10.5 Å². The molecular formula is C16H22N2O2. The summed E-state index contributed by atoms with van der Waals surface area (Å²) in [6.07, 6.45) is 0.0510. The number of benzene rings is 1. The van der Waals surface area contributed by atoms with Crippen molar-refractivity contribution in [2.45, 2.75) is 26.5 Å². The van der Waals surface area contributed by atoms with Gasteiger partial charge in [0.2, 0.25) is 5.91 Å². The second-order valence-corrected chi connectivity index (χ2v) is 4.77. The predicted octanol–water partition coefficient (Wildman–Crippen LogP) is 1.38. The van der Waals surface area contributed by atoms with Crippen molar-refractivity contribution in [1.29, 1.82) is 0 Å². The van der Waals surface area contributed by atoms with E-state index in [1.807, 2.05) is 38.1 Å². The van der Waals surface area contributed by atoms with E-state index in [2.05, 4.69) is 11.8 Å². The van der Waals surface area contributed by atoms with Gasteiger partial charge in [0.1, 0.15) is 6.61 Å². The lowest BCUT2D eigenvalue weighted by Crippen LogP contribution is -2.31. The summed E-state index contributed by atoms with van der Waals surface area (Å²) in [5.74, 6) is 5.82. The van der Waals surface area contributed by atoms with Crippen LogP contribution in [-0.2, 0) is 16.1 Å². The van der Waals surface area contributed by atoms with E-state index in [1.165, 1.54) is 0 Å². The Kier molecular flexibility index (Phi) is 6.78. The van der Waals surface area contributed by atoms with Gasteiger partial charge >= 0.3 is 0 Å². The molecule has 1 aromatic carbocycles. The third kappa shape index (κ3) is 5.43.